The van der Waals surface area contributed by atoms with Gasteiger partial charge in [-0.15, -0.1) is 0 Å². The van der Waals surface area contributed by atoms with Gasteiger partial charge in [0.1, 0.15) is 0 Å². The molecule has 3 atom stereocenters. The number of hydrogen-bond donors (Lipinski definition) is 0. The highest BCUT2D eigenvalue weighted by Crippen LogP contribution is 2.41. The van der Waals surface area contributed by atoms with Crippen molar-refractivity contribution in [1.82, 2.24) is 4.90 Å². The summed E-state index contributed by atoms with van der Waals surface area (Å²) in [7, 11) is 0. The van der Waals surface area contributed by atoms with Crippen molar-refractivity contribution in [3.8, 4) is 0 Å². The number of rotatable bonds is 2. The largest absolute Gasteiger partial charge is 0.352 e. The predicted molar refractivity (Wildman–Crippen MR) is 68.7 cm³/mol. The van der Waals surface area contributed by atoms with Crippen LogP contribution in [-0.2, 0) is 9.53 Å². The molecule has 3 nitrogen and oxygen atoms in total. The van der Waals surface area contributed by atoms with Crippen LogP contribution in [0.3, 0.4) is 0 Å². The van der Waals surface area contributed by atoms with Crippen LogP contribution in [0.1, 0.15) is 32.1 Å². The van der Waals surface area contributed by atoms with Crippen molar-refractivity contribution in [3.63, 3.8) is 0 Å². The summed E-state index contributed by atoms with van der Waals surface area (Å²) in [5, 5.41) is 0. The normalized spacial score (nSPS) is 31.2. The molecule has 2 aliphatic heterocycles. The molecule has 0 spiro atoms. The average Bonchev–Trinajstić information content (AvgIpc) is 2.91. The minimum atomic E-state index is -0.174. The van der Waals surface area contributed by atoms with E-state index in [2.05, 4.69) is 13.8 Å². The van der Waals surface area contributed by atoms with Gasteiger partial charge in [-0.05, 0) is 12.3 Å². The third kappa shape index (κ3) is 1.74. The fourth-order valence-corrected chi connectivity index (χ4v) is 3.05. The van der Waals surface area contributed by atoms with E-state index in [1.807, 2.05) is 35.2 Å². The van der Waals surface area contributed by atoms with Crippen LogP contribution in [0, 0.1) is 11.8 Å². The van der Waals surface area contributed by atoms with Gasteiger partial charge < -0.3 is 9.64 Å². The summed E-state index contributed by atoms with van der Waals surface area (Å²) in [4.78, 5) is 14.4. The van der Waals surface area contributed by atoms with Gasteiger partial charge in [0.2, 0.25) is 5.91 Å². The van der Waals surface area contributed by atoms with Gasteiger partial charge in [0.05, 0.1) is 12.6 Å². The summed E-state index contributed by atoms with van der Waals surface area (Å²) in [5.41, 5.74) is 1.08. The van der Waals surface area contributed by atoms with E-state index in [4.69, 9.17) is 4.74 Å². The van der Waals surface area contributed by atoms with Crippen LogP contribution in [0.5, 0.6) is 0 Å². The molecule has 0 aromatic heterocycles. The van der Waals surface area contributed by atoms with Gasteiger partial charge in [-0.3, -0.25) is 4.79 Å². The summed E-state index contributed by atoms with van der Waals surface area (Å²) < 4.78 is 5.81. The lowest BCUT2D eigenvalue weighted by Crippen LogP contribution is -2.32. The van der Waals surface area contributed by atoms with Crippen LogP contribution >= 0.6 is 0 Å². The lowest BCUT2D eigenvalue weighted by molar-refractivity contribution is -0.138. The van der Waals surface area contributed by atoms with Crippen LogP contribution in [0.2, 0.25) is 0 Å². The van der Waals surface area contributed by atoms with Crippen LogP contribution in [0.25, 0.3) is 0 Å². The summed E-state index contributed by atoms with van der Waals surface area (Å²) >= 11 is 0. The summed E-state index contributed by atoms with van der Waals surface area (Å²) in [5.74, 6) is 0.853. The van der Waals surface area contributed by atoms with E-state index in [9.17, 15) is 4.79 Å². The number of carbonyl (C=O) groups excluding carboxylic acids is 1. The van der Waals surface area contributed by atoms with E-state index < -0.39 is 0 Å². The first-order valence-electron chi connectivity index (χ1n) is 6.67. The van der Waals surface area contributed by atoms with Gasteiger partial charge in [-0.1, -0.05) is 44.2 Å². The third-order valence-corrected chi connectivity index (χ3v) is 4.08. The molecule has 0 bridgehead atoms. The Bertz CT molecular complexity index is 443. The monoisotopic (exact) mass is 245 g/mol. The highest BCUT2D eigenvalue weighted by molar-refractivity contribution is 5.82. The molecular formula is C15H19NO2. The van der Waals surface area contributed by atoms with E-state index >= 15 is 0 Å². The van der Waals surface area contributed by atoms with Crippen LogP contribution < -0.4 is 0 Å². The van der Waals surface area contributed by atoms with Gasteiger partial charge in [0.25, 0.3) is 0 Å². The quantitative estimate of drug-likeness (QED) is 0.801. The van der Waals surface area contributed by atoms with Crippen LogP contribution in [0.15, 0.2) is 30.3 Å². The first-order valence-corrected chi connectivity index (χ1v) is 6.67. The summed E-state index contributed by atoms with van der Waals surface area (Å²) in [6.45, 7) is 4.93. The highest BCUT2D eigenvalue weighted by Gasteiger charge is 2.48. The van der Waals surface area contributed by atoms with Gasteiger partial charge in [0.15, 0.2) is 6.23 Å². The van der Waals surface area contributed by atoms with E-state index in [0.717, 1.165) is 12.0 Å². The second-order valence-corrected chi connectivity index (χ2v) is 5.58. The number of nitrogens with zero attached hydrogens (tertiary/aromatic N) is 1. The minimum absolute atomic E-state index is 0.171. The topological polar surface area (TPSA) is 29.5 Å². The molecule has 96 valence electrons. The molecule has 0 radical (unpaired) electrons. The Balaban J connectivity index is 1.86. The molecule has 0 saturated carbocycles. The molecule has 0 N–H and O–H groups in total. The van der Waals surface area contributed by atoms with E-state index in [1.54, 1.807) is 0 Å². The van der Waals surface area contributed by atoms with Crippen LogP contribution in [-0.4, -0.2) is 23.5 Å². The number of amides is 1. The lowest BCUT2D eigenvalue weighted by atomic mass is 9.93. The molecule has 1 aromatic rings. The molecule has 2 fully saturated rings. The number of benzene rings is 1. The average molecular weight is 245 g/mol. The molecule has 2 saturated heterocycles. The first-order chi connectivity index (χ1) is 8.68. The Kier molecular flexibility index (Phi) is 2.86. The predicted octanol–water partition coefficient (Wildman–Crippen LogP) is 2.59. The Morgan fingerprint density at radius 3 is 2.67 bits per heavy atom. The maximum atomic E-state index is 12.5. The molecule has 18 heavy (non-hydrogen) atoms. The molecule has 2 heterocycles. The van der Waals surface area contributed by atoms with Crippen molar-refractivity contribution in [3.05, 3.63) is 35.9 Å². The smallest absolute Gasteiger partial charge is 0.228 e. The van der Waals surface area contributed by atoms with Gasteiger partial charge in [0, 0.05) is 11.5 Å². The SMILES string of the molecule is CC(C)[C@H]1C[C@H]2CO[C@H](c3ccccc3)N2C1=O. The maximum absolute atomic E-state index is 12.5. The Hall–Kier alpha value is -1.35. The molecule has 3 rings (SSSR count). The highest BCUT2D eigenvalue weighted by atomic mass is 16.5. The Morgan fingerprint density at radius 1 is 1.28 bits per heavy atom. The van der Waals surface area contributed by atoms with Crippen molar-refractivity contribution < 1.29 is 9.53 Å². The Morgan fingerprint density at radius 2 is 2.00 bits per heavy atom. The zero-order valence-corrected chi connectivity index (χ0v) is 10.9. The fraction of sp³-hybridized carbons (Fsp3) is 0.533. The minimum Gasteiger partial charge on any atom is -0.352 e. The first kappa shape index (κ1) is 11.7. The number of fused-ring (bicyclic) bond motifs is 1. The zero-order chi connectivity index (χ0) is 12.7. The molecular weight excluding hydrogens is 226 g/mol. The lowest BCUT2D eigenvalue weighted by Gasteiger charge is -2.23. The Labute approximate surface area is 108 Å². The van der Waals surface area contributed by atoms with Crippen molar-refractivity contribution in [1.29, 1.82) is 0 Å². The van der Waals surface area contributed by atoms with Gasteiger partial charge in [-0.25, -0.2) is 0 Å². The zero-order valence-electron chi connectivity index (χ0n) is 10.9. The standard InChI is InChI=1S/C15H19NO2/c1-10(2)13-8-12-9-18-15(16(12)14(13)17)11-6-4-3-5-7-11/h3-7,10,12-13,15H,8-9H2,1-2H3/t12-,13+,15+/m0/s1. The van der Waals surface area contributed by atoms with Gasteiger partial charge in [-0.2, -0.15) is 0 Å². The van der Waals surface area contributed by atoms with E-state index in [-0.39, 0.29) is 24.1 Å². The number of hydrogen-bond acceptors (Lipinski definition) is 2. The van der Waals surface area contributed by atoms with Crippen molar-refractivity contribution in [2.24, 2.45) is 11.8 Å². The second-order valence-electron chi connectivity index (χ2n) is 5.58. The number of carbonyl (C=O) groups is 1. The molecule has 3 heteroatoms. The molecule has 2 aliphatic rings. The molecule has 0 unspecified atom stereocenters. The van der Waals surface area contributed by atoms with Gasteiger partial charge >= 0.3 is 0 Å². The molecule has 1 amide bonds. The van der Waals surface area contributed by atoms with E-state index in [0.29, 0.717) is 12.5 Å². The second kappa shape index (κ2) is 4.39. The third-order valence-electron chi connectivity index (χ3n) is 4.08. The fourth-order valence-electron chi connectivity index (χ4n) is 3.05. The molecule has 0 aliphatic carbocycles. The number of ether oxygens (including phenoxy) is 1. The van der Waals surface area contributed by atoms with Crippen LogP contribution in [0.4, 0.5) is 0 Å². The van der Waals surface area contributed by atoms with Crippen molar-refractivity contribution >= 4 is 5.91 Å². The summed E-state index contributed by atoms with van der Waals surface area (Å²) in [6.07, 6.45) is 0.771. The maximum Gasteiger partial charge on any atom is 0.228 e. The van der Waals surface area contributed by atoms with Crippen molar-refractivity contribution in [2.75, 3.05) is 6.61 Å². The van der Waals surface area contributed by atoms with Crippen molar-refractivity contribution in [2.45, 2.75) is 32.5 Å². The summed E-state index contributed by atoms with van der Waals surface area (Å²) in [6, 6.07) is 10.3. The van der Waals surface area contributed by atoms with E-state index in [1.165, 1.54) is 0 Å². The molecule has 1 aromatic carbocycles.